The van der Waals surface area contributed by atoms with Crippen LogP contribution in [0.2, 0.25) is 5.02 Å². The number of benzene rings is 1. The van der Waals surface area contributed by atoms with Crippen LogP contribution in [-0.2, 0) is 11.8 Å². The molecule has 0 fully saturated rings. The number of anilines is 1. The highest BCUT2D eigenvalue weighted by atomic mass is 35.5. The lowest BCUT2D eigenvalue weighted by atomic mass is 10.1. The number of ether oxygens (including phenoxy) is 1. The second-order valence-corrected chi connectivity index (χ2v) is 4.20. The summed E-state index contributed by atoms with van der Waals surface area (Å²) in [5.41, 5.74) is 7.56. The van der Waals surface area contributed by atoms with Crippen molar-refractivity contribution < 1.29 is 9.53 Å². The Labute approximate surface area is 109 Å². The third kappa shape index (κ3) is 2.17. The van der Waals surface area contributed by atoms with Gasteiger partial charge in [-0.25, -0.2) is 4.79 Å². The van der Waals surface area contributed by atoms with E-state index in [1.54, 1.807) is 36.1 Å². The van der Waals surface area contributed by atoms with Gasteiger partial charge in [0, 0.05) is 29.4 Å². The molecule has 0 aliphatic rings. The molecule has 0 amide bonds. The fourth-order valence-corrected chi connectivity index (χ4v) is 1.91. The first-order chi connectivity index (χ1) is 8.52. The summed E-state index contributed by atoms with van der Waals surface area (Å²) in [6.07, 6.45) is 1.75. The van der Waals surface area contributed by atoms with Crippen molar-refractivity contribution in [2.24, 2.45) is 7.05 Å². The van der Waals surface area contributed by atoms with Crippen molar-refractivity contribution in [3.63, 3.8) is 0 Å². The van der Waals surface area contributed by atoms with Crippen molar-refractivity contribution in [2.75, 3.05) is 12.8 Å². The molecule has 0 atom stereocenters. The van der Waals surface area contributed by atoms with E-state index in [4.69, 9.17) is 17.3 Å². The fraction of sp³-hybridized carbons (Fsp3) is 0.167. The molecule has 0 spiro atoms. The number of esters is 1. The molecule has 0 saturated heterocycles. The highest BCUT2D eigenvalue weighted by Crippen LogP contribution is 2.32. The van der Waals surface area contributed by atoms with E-state index in [1.807, 2.05) is 0 Å². The van der Waals surface area contributed by atoms with Gasteiger partial charge in [-0.1, -0.05) is 11.6 Å². The van der Waals surface area contributed by atoms with Crippen molar-refractivity contribution >= 4 is 23.4 Å². The maximum absolute atomic E-state index is 11.5. The summed E-state index contributed by atoms with van der Waals surface area (Å²) in [6, 6.07) is 4.88. The Morgan fingerprint density at radius 2 is 2.17 bits per heavy atom. The number of nitrogens with two attached hydrogens (primary N) is 1. The molecule has 2 N–H and O–H groups in total. The lowest BCUT2D eigenvalue weighted by Crippen LogP contribution is -2.01. The number of nitrogen functional groups attached to an aromatic ring is 1. The van der Waals surface area contributed by atoms with Crippen molar-refractivity contribution in [2.45, 2.75) is 0 Å². The molecular formula is C12H12ClN3O2. The van der Waals surface area contributed by atoms with Gasteiger partial charge in [0.15, 0.2) is 5.82 Å². The zero-order valence-electron chi connectivity index (χ0n) is 9.98. The smallest absolute Gasteiger partial charge is 0.337 e. The second kappa shape index (κ2) is 4.70. The van der Waals surface area contributed by atoms with Gasteiger partial charge in [0.25, 0.3) is 0 Å². The van der Waals surface area contributed by atoms with E-state index in [2.05, 4.69) is 9.84 Å². The third-order valence-corrected chi connectivity index (χ3v) is 2.86. The molecule has 2 aromatic rings. The maximum atomic E-state index is 11.5. The van der Waals surface area contributed by atoms with E-state index in [0.717, 1.165) is 0 Å². The number of aryl methyl sites for hydroxylation is 1. The van der Waals surface area contributed by atoms with Crippen LogP contribution in [0.1, 0.15) is 10.4 Å². The Morgan fingerprint density at radius 1 is 1.44 bits per heavy atom. The molecule has 18 heavy (non-hydrogen) atoms. The summed E-state index contributed by atoms with van der Waals surface area (Å²) in [4.78, 5) is 11.5. The Bertz CT molecular complexity index is 607. The van der Waals surface area contributed by atoms with Gasteiger partial charge in [-0.3, -0.25) is 4.68 Å². The van der Waals surface area contributed by atoms with Crippen molar-refractivity contribution in [3.8, 4) is 11.1 Å². The molecule has 0 saturated carbocycles. The van der Waals surface area contributed by atoms with Gasteiger partial charge < -0.3 is 10.5 Å². The summed E-state index contributed by atoms with van der Waals surface area (Å²) in [5, 5.41) is 4.55. The zero-order valence-corrected chi connectivity index (χ0v) is 10.7. The number of carbonyl (C=O) groups is 1. The molecule has 0 aliphatic heterocycles. The molecule has 5 nitrogen and oxygen atoms in total. The molecule has 0 radical (unpaired) electrons. The summed E-state index contributed by atoms with van der Waals surface area (Å²) < 4.78 is 6.26. The van der Waals surface area contributed by atoms with E-state index in [9.17, 15) is 4.79 Å². The van der Waals surface area contributed by atoms with Crippen molar-refractivity contribution in [3.05, 3.63) is 35.0 Å². The molecule has 94 valence electrons. The van der Waals surface area contributed by atoms with Gasteiger partial charge in [0.1, 0.15) is 0 Å². The van der Waals surface area contributed by atoms with E-state index >= 15 is 0 Å². The highest BCUT2D eigenvalue weighted by Gasteiger charge is 2.14. The van der Waals surface area contributed by atoms with Gasteiger partial charge in [0.05, 0.1) is 12.7 Å². The number of aromatic nitrogens is 2. The topological polar surface area (TPSA) is 70.1 Å². The van der Waals surface area contributed by atoms with Crippen molar-refractivity contribution in [1.29, 1.82) is 0 Å². The molecule has 0 aliphatic carbocycles. The molecule has 1 aromatic carbocycles. The van der Waals surface area contributed by atoms with Crippen molar-refractivity contribution in [1.82, 2.24) is 9.78 Å². The second-order valence-electron chi connectivity index (χ2n) is 3.79. The Morgan fingerprint density at radius 3 is 2.72 bits per heavy atom. The minimum Gasteiger partial charge on any atom is -0.465 e. The van der Waals surface area contributed by atoms with E-state index in [1.165, 1.54) is 7.11 Å². The Balaban J connectivity index is 2.56. The number of rotatable bonds is 2. The summed E-state index contributed by atoms with van der Waals surface area (Å²) >= 11 is 6.12. The van der Waals surface area contributed by atoms with Crippen LogP contribution >= 0.6 is 11.6 Å². The molecule has 1 heterocycles. The summed E-state index contributed by atoms with van der Waals surface area (Å²) in [5.74, 6) is -0.0585. The number of hydrogen-bond acceptors (Lipinski definition) is 4. The van der Waals surface area contributed by atoms with Crippen LogP contribution in [0, 0.1) is 0 Å². The first kappa shape index (κ1) is 12.4. The van der Waals surface area contributed by atoms with E-state index in [0.29, 0.717) is 27.5 Å². The number of methoxy groups -OCH3 is 1. The monoisotopic (exact) mass is 265 g/mol. The lowest BCUT2D eigenvalue weighted by Gasteiger charge is -2.05. The minimum atomic E-state index is -0.421. The zero-order chi connectivity index (χ0) is 13.3. The average molecular weight is 266 g/mol. The normalized spacial score (nSPS) is 10.4. The molecule has 1 aromatic heterocycles. The van der Waals surface area contributed by atoms with Gasteiger partial charge >= 0.3 is 5.97 Å². The third-order valence-electron chi connectivity index (χ3n) is 2.53. The molecule has 0 unspecified atom stereocenters. The first-order valence-electron chi connectivity index (χ1n) is 5.20. The number of nitrogens with zero attached hydrogens (tertiary/aromatic N) is 2. The molecule has 6 heteroatoms. The first-order valence-corrected chi connectivity index (χ1v) is 5.58. The van der Waals surface area contributed by atoms with Crippen LogP contribution in [0.25, 0.3) is 11.1 Å². The van der Waals surface area contributed by atoms with E-state index in [-0.39, 0.29) is 0 Å². The number of halogens is 1. The maximum Gasteiger partial charge on any atom is 0.337 e. The lowest BCUT2D eigenvalue weighted by molar-refractivity contribution is 0.0601. The van der Waals surface area contributed by atoms with Crippen LogP contribution in [-0.4, -0.2) is 22.9 Å². The van der Waals surface area contributed by atoms with Gasteiger partial charge in [0.2, 0.25) is 0 Å². The van der Waals surface area contributed by atoms with Gasteiger partial charge in [-0.2, -0.15) is 5.10 Å². The quantitative estimate of drug-likeness (QED) is 0.845. The SMILES string of the molecule is COC(=O)c1ccc(Cl)c(-c2cn(C)nc2N)c1. The highest BCUT2D eigenvalue weighted by molar-refractivity contribution is 6.33. The average Bonchev–Trinajstić information content (AvgIpc) is 2.68. The van der Waals surface area contributed by atoms with Gasteiger partial charge in [-0.05, 0) is 18.2 Å². The van der Waals surface area contributed by atoms with Crippen LogP contribution in [0.15, 0.2) is 24.4 Å². The Hall–Kier alpha value is -2.01. The van der Waals surface area contributed by atoms with E-state index < -0.39 is 5.97 Å². The Kier molecular flexibility index (Phi) is 3.25. The fourth-order valence-electron chi connectivity index (χ4n) is 1.69. The summed E-state index contributed by atoms with van der Waals surface area (Å²) in [7, 11) is 3.09. The van der Waals surface area contributed by atoms with Crippen LogP contribution in [0.3, 0.4) is 0 Å². The number of hydrogen-bond donors (Lipinski definition) is 1. The summed E-state index contributed by atoms with van der Waals surface area (Å²) in [6.45, 7) is 0. The van der Waals surface area contributed by atoms with Crippen LogP contribution in [0.4, 0.5) is 5.82 Å². The largest absolute Gasteiger partial charge is 0.465 e. The molecular weight excluding hydrogens is 254 g/mol. The van der Waals surface area contributed by atoms with Gasteiger partial charge in [-0.15, -0.1) is 0 Å². The van der Waals surface area contributed by atoms with Crippen LogP contribution < -0.4 is 5.73 Å². The van der Waals surface area contributed by atoms with Crippen LogP contribution in [0.5, 0.6) is 0 Å². The number of carbonyl (C=O) groups excluding carboxylic acids is 1. The standard InChI is InChI=1S/C12H12ClN3O2/c1-16-6-9(11(14)15-16)8-5-7(12(17)18-2)3-4-10(8)13/h3-6H,1-2H3,(H2,14,15). The predicted octanol–water partition coefficient (Wildman–Crippen LogP) is 2.11. The minimum absolute atomic E-state index is 0.362. The predicted molar refractivity (Wildman–Crippen MR) is 69.4 cm³/mol. The molecule has 2 rings (SSSR count). The molecule has 0 bridgehead atoms.